The zero-order valence-electron chi connectivity index (χ0n) is 13.2. The molecule has 21 heavy (non-hydrogen) atoms. The van der Waals surface area contributed by atoms with Crippen LogP contribution in [0.1, 0.15) is 39.5 Å². The number of hydrogen-bond acceptors (Lipinski definition) is 5. The van der Waals surface area contributed by atoms with Crippen LogP contribution in [0.3, 0.4) is 0 Å². The molecule has 0 amide bonds. The van der Waals surface area contributed by atoms with Crippen molar-refractivity contribution in [3.05, 3.63) is 12.2 Å². The molecule has 1 atom stereocenters. The van der Waals surface area contributed by atoms with Crippen LogP contribution in [0.4, 0.5) is 0 Å². The van der Waals surface area contributed by atoms with Crippen molar-refractivity contribution in [1.29, 1.82) is 5.26 Å². The number of rotatable bonds is 13. The Balaban J connectivity index is 3.42. The van der Waals surface area contributed by atoms with E-state index in [0.29, 0.717) is 25.7 Å². The Kier molecular flexibility index (Phi) is 12.7. The number of unbranched alkanes of at least 4 members (excludes halogenated alkanes) is 1. The van der Waals surface area contributed by atoms with Gasteiger partial charge in [-0.05, 0) is 12.3 Å². The van der Waals surface area contributed by atoms with Crippen LogP contribution >= 0.6 is 0 Å². The molecule has 0 aliphatic rings. The predicted octanol–water partition coefficient (Wildman–Crippen LogP) is 2.86. The lowest BCUT2D eigenvalue weighted by atomic mass is 10.0. The fourth-order valence-electron chi connectivity index (χ4n) is 1.69. The van der Waals surface area contributed by atoms with Gasteiger partial charge < -0.3 is 14.2 Å². The van der Waals surface area contributed by atoms with E-state index in [1.54, 1.807) is 6.07 Å². The van der Waals surface area contributed by atoms with Crippen LogP contribution in [0.2, 0.25) is 0 Å². The first-order chi connectivity index (χ1) is 10.2. The fourth-order valence-corrected chi connectivity index (χ4v) is 1.69. The third-order valence-electron chi connectivity index (χ3n) is 3.11. The van der Waals surface area contributed by atoms with E-state index in [2.05, 4.69) is 20.4 Å². The molecule has 120 valence electrons. The van der Waals surface area contributed by atoms with Gasteiger partial charge in [0.25, 0.3) is 0 Å². The van der Waals surface area contributed by atoms with E-state index in [4.69, 9.17) is 19.5 Å². The molecular weight excluding hydrogens is 270 g/mol. The van der Waals surface area contributed by atoms with Gasteiger partial charge in [-0.15, -0.1) is 0 Å². The second kappa shape index (κ2) is 13.6. The lowest BCUT2D eigenvalue weighted by Crippen LogP contribution is -2.15. The molecular formula is C16H27NO4. The van der Waals surface area contributed by atoms with Crippen molar-refractivity contribution in [2.45, 2.75) is 39.5 Å². The van der Waals surface area contributed by atoms with Gasteiger partial charge in [0.15, 0.2) is 0 Å². The molecule has 0 radical (unpaired) electrons. The molecule has 0 fully saturated rings. The first-order valence-electron chi connectivity index (χ1n) is 7.57. The number of carbonyl (C=O) groups excluding carboxylic acids is 1. The van der Waals surface area contributed by atoms with Crippen molar-refractivity contribution in [3.63, 3.8) is 0 Å². The number of nitrogens with zero attached hydrogens (tertiary/aromatic N) is 1. The largest absolute Gasteiger partial charge is 0.459 e. The van der Waals surface area contributed by atoms with Crippen LogP contribution in [-0.4, -0.2) is 39.0 Å². The molecule has 0 heterocycles. The van der Waals surface area contributed by atoms with Crippen molar-refractivity contribution >= 4 is 5.97 Å². The molecule has 0 spiro atoms. The second-order valence-corrected chi connectivity index (χ2v) is 4.83. The van der Waals surface area contributed by atoms with Gasteiger partial charge in [0.05, 0.1) is 19.8 Å². The van der Waals surface area contributed by atoms with Gasteiger partial charge >= 0.3 is 5.97 Å². The van der Waals surface area contributed by atoms with E-state index >= 15 is 0 Å². The Labute approximate surface area is 127 Å². The highest BCUT2D eigenvalue weighted by Gasteiger charge is 2.07. The third-order valence-corrected chi connectivity index (χ3v) is 3.11. The van der Waals surface area contributed by atoms with Crippen molar-refractivity contribution in [2.24, 2.45) is 5.92 Å². The van der Waals surface area contributed by atoms with Crippen LogP contribution in [0, 0.1) is 17.2 Å². The SMILES string of the molecule is C=C(C#N)C(=O)OCCOCCOCC(CC)CCCC. The van der Waals surface area contributed by atoms with E-state index in [1.807, 2.05) is 0 Å². The summed E-state index contributed by atoms with van der Waals surface area (Å²) in [5.74, 6) is -0.0676. The zero-order valence-corrected chi connectivity index (χ0v) is 13.2. The van der Waals surface area contributed by atoms with Gasteiger partial charge in [-0.3, -0.25) is 0 Å². The fraction of sp³-hybridized carbons (Fsp3) is 0.750. The number of hydrogen-bond donors (Lipinski definition) is 0. The molecule has 0 bridgehead atoms. The van der Waals surface area contributed by atoms with Gasteiger partial charge in [-0.1, -0.05) is 39.7 Å². The monoisotopic (exact) mass is 297 g/mol. The topological polar surface area (TPSA) is 68.6 Å². The van der Waals surface area contributed by atoms with Crippen LogP contribution in [0.5, 0.6) is 0 Å². The highest BCUT2D eigenvalue weighted by atomic mass is 16.6. The number of esters is 1. The summed E-state index contributed by atoms with van der Waals surface area (Å²) in [6.45, 7) is 9.84. The smallest absolute Gasteiger partial charge is 0.348 e. The van der Waals surface area contributed by atoms with Crippen molar-refractivity contribution in [1.82, 2.24) is 0 Å². The van der Waals surface area contributed by atoms with E-state index in [0.717, 1.165) is 13.0 Å². The van der Waals surface area contributed by atoms with Crippen LogP contribution < -0.4 is 0 Å². The van der Waals surface area contributed by atoms with Crippen molar-refractivity contribution in [3.8, 4) is 6.07 Å². The maximum atomic E-state index is 11.1. The lowest BCUT2D eigenvalue weighted by molar-refractivity contribution is -0.140. The van der Waals surface area contributed by atoms with E-state index < -0.39 is 5.97 Å². The summed E-state index contributed by atoms with van der Waals surface area (Å²) < 4.78 is 15.6. The quantitative estimate of drug-likeness (QED) is 0.226. The Morgan fingerprint density at radius 2 is 1.86 bits per heavy atom. The Morgan fingerprint density at radius 3 is 2.48 bits per heavy atom. The van der Waals surface area contributed by atoms with Crippen molar-refractivity contribution < 1.29 is 19.0 Å². The molecule has 0 rings (SSSR count). The van der Waals surface area contributed by atoms with E-state index in [9.17, 15) is 4.79 Å². The highest BCUT2D eigenvalue weighted by Crippen LogP contribution is 2.12. The minimum atomic E-state index is -0.695. The second-order valence-electron chi connectivity index (χ2n) is 4.83. The summed E-state index contributed by atoms with van der Waals surface area (Å²) in [6, 6.07) is 1.63. The molecule has 0 aliphatic heterocycles. The van der Waals surface area contributed by atoms with Gasteiger partial charge in [0, 0.05) is 6.61 Å². The summed E-state index contributed by atoms with van der Waals surface area (Å²) in [6.07, 6.45) is 4.82. The Morgan fingerprint density at radius 1 is 1.19 bits per heavy atom. The van der Waals surface area contributed by atoms with Gasteiger partial charge in [0.2, 0.25) is 0 Å². The molecule has 0 aromatic rings. The molecule has 0 saturated carbocycles. The molecule has 0 N–H and O–H groups in total. The zero-order chi connectivity index (χ0) is 15.9. The molecule has 0 saturated heterocycles. The van der Waals surface area contributed by atoms with Gasteiger partial charge in [0.1, 0.15) is 18.2 Å². The normalized spacial score (nSPS) is 11.7. The molecule has 0 aromatic heterocycles. The average molecular weight is 297 g/mol. The standard InChI is InChI=1S/C16H27NO4/c1-4-6-7-15(5-2)13-20-9-8-19-10-11-21-16(18)14(3)12-17/h15H,3-11,13H2,1-2H3. The number of carbonyl (C=O) groups is 1. The molecule has 0 aliphatic carbocycles. The van der Waals surface area contributed by atoms with Gasteiger partial charge in [-0.25, -0.2) is 4.79 Å². The Bertz CT molecular complexity index is 336. The summed E-state index contributed by atoms with van der Waals surface area (Å²) in [5.41, 5.74) is -0.198. The lowest BCUT2D eigenvalue weighted by Gasteiger charge is -2.14. The minimum Gasteiger partial charge on any atom is -0.459 e. The van der Waals surface area contributed by atoms with Crippen LogP contribution in [0.25, 0.3) is 0 Å². The minimum absolute atomic E-state index is 0.119. The summed E-state index contributed by atoms with van der Waals surface area (Å²) in [4.78, 5) is 11.1. The summed E-state index contributed by atoms with van der Waals surface area (Å²) >= 11 is 0. The number of ether oxygens (including phenoxy) is 3. The van der Waals surface area contributed by atoms with E-state index in [-0.39, 0.29) is 12.2 Å². The van der Waals surface area contributed by atoms with Crippen molar-refractivity contribution in [2.75, 3.05) is 33.0 Å². The first-order valence-corrected chi connectivity index (χ1v) is 7.57. The maximum Gasteiger partial charge on any atom is 0.348 e. The molecule has 5 heteroatoms. The Hall–Kier alpha value is -1.38. The maximum absolute atomic E-state index is 11.1. The number of nitriles is 1. The van der Waals surface area contributed by atoms with Crippen LogP contribution in [-0.2, 0) is 19.0 Å². The third kappa shape index (κ3) is 11.0. The highest BCUT2D eigenvalue weighted by molar-refractivity contribution is 5.91. The van der Waals surface area contributed by atoms with Crippen LogP contribution in [0.15, 0.2) is 12.2 Å². The summed E-state index contributed by atoms with van der Waals surface area (Å²) in [5, 5.41) is 8.43. The first kappa shape index (κ1) is 19.6. The molecule has 1 unspecified atom stereocenters. The molecule has 0 aromatic carbocycles. The average Bonchev–Trinajstić information content (AvgIpc) is 2.51. The van der Waals surface area contributed by atoms with E-state index in [1.165, 1.54) is 19.3 Å². The molecule has 5 nitrogen and oxygen atoms in total. The summed E-state index contributed by atoms with van der Waals surface area (Å²) in [7, 11) is 0. The predicted molar refractivity (Wildman–Crippen MR) is 80.7 cm³/mol. The van der Waals surface area contributed by atoms with Gasteiger partial charge in [-0.2, -0.15) is 5.26 Å².